The third kappa shape index (κ3) is 3.99. The van der Waals surface area contributed by atoms with Gasteiger partial charge in [-0.25, -0.2) is 17.5 Å². The second-order valence-electron chi connectivity index (χ2n) is 4.26. The number of rotatable bonds is 6. The van der Waals surface area contributed by atoms with Crippen molar-refractivity contribution in [3.8, 4) is 0 Å². The number of carbonyl (C=O) groups is 1. The number of aromatic carboxylic acids is 1. The first kappa shape index (κ1) is 16.5. The highest BCUT2D eigenvalue weighted by Gasteiger charge is 2.17. The standard InChI is InChI=1S/C11H16ClN3O4S/c1-15(2)20(18,19)4-3-14-10-8(11(16)17)5-7(13)6-9(10)12/h5-6,14H,3-4,13H2,1-2H3,(H,16,17). The van der Waals surface area contributed by atoms with Gasteiger partial charge in [-0.05, 0) is 12.1 Å². The molecule has 9 heteroatoms. The topological polar surface area (TPSA) is 113 Å². The second kappa shape index (κ2) is 6.29. The lowest BCUT2D eigenvalue weighted by atomic mass is 10.1. The maximum absolute atomic E-state index is 11.6. The van der Waals surface area contributed by atoms with Gasteiger partial charge >= 0.3 is 5.97 Å². The van der Waals surface area contributed by atoms with Crippen LogP contribution >= 0.6 is 11.6 Å². The zero-order valence-electron chi connectivity index (χ0n) is 11.1. The highest BCUT2D eigenvalue weighted by atomic mass is 35.5. The number of nitrogens with two attached hydrogens (primary N) is 1. The first-order valence-electron chi connectivity index (χ1n) is 5.61. The Hall–Kier alpha value is -1.51. The summed E-state index contributed by atoms with van der Waals surface area (Å²) in [5, 5.41) is 11.9. The van der Waals surface area contributed by atoms with E-state index >= 15 is 0 Å². The number of carboxylic acid groups (broad SMARTS) is 1. The van der Waals surface area contributed by atoms with Crippen LogP contribution in [0.3, 0.4) is 0 Å². The lowest BCUT2D eigenvalue weighted by Gasteiger charge is -2.14. The Kier molecular flexibility index (Phi) is 5.21. The summed E-state index contributed by atoms with van der Waals surface area (Å²) in [5.74, 6) is -1.38. The van der Waals surface area contributed by atoms with Crippen molar-refractivity contribution in [2.24, 2.45) is 0 Å². The fraction of sp³-hybridized carbons (Fsp3) is 0.364. The molecule has 4 N–H and O–H groups in total. The number of sulfonamides is 1. The number of benzene rings is 1. The first-order valence-corrected chi connectivity index (χ1v) is 7.60. The van der Waals surface area contributed by atoms with Crippen LogP contribution in [0.1, 0.15) is 10.4 Å². The number of nitrogen functional groups attached to an aromatic ring is 1. The fourth-order valence-corrected chi connectivity index (χ4v) is 2.48. The summed E-state index contributed by atoms with van der Waals surface area (Å²) in [6.07, 6.45) is 0. The van der Waals surface area contributed by atoms with Gasteiger partial charge in [0, 0.05) is 26.3 Å². The lowest BCUT2D eigenvalue weighted by molar-refractivity contribution is 0.0698. The van der Waals surface area contributed by atoms with Crippen molar-refractivity contribution in [1.82, 2.24) is 4.31 Å². The molecule has 0 fully saturated rings. The molecule has 0 aliphatic heterocycles. The van der Waals surface area contributed by atoms with Gasteiger partial charge in [-0.2, -0.15) is 0 Å². The van der Waals surface area contributed by atoms with E-state index in [2.05, 4.69) is 5.32 Å². The second-order valence-corrected chi connectivity index (χ2v) is 6.97. The number of hydrogen-bond donors (Lipinski definition) is 3. The third-order valence-corrected chi connectivity index (χ3v) is 4.69. The van der Waals surface area contributed by atoms with E-state index in [1.54, 1.807) is 0 Å². The number of carboxylic acids is 1. The van der Waals surface area contributed by atoms with Gasteiger partial charge in [0.15, 0.2) is 0 Å². The molecular formula is C11H16ClN3O4S. The molecule has 0 atom stereocenters. The SMILES string of the molecule is CN(C)S(=O)(=O)CCNc1c(Cl)cc(N)cc1C(=O)O. The maximum Gasteiger partial charge on any atom is 0.337 e. The highest BCUT2D eigenvalue weighted by Crippen LogP contribution is 2.29. The van der Waals surface area contributed by atoms with Crippen LogP contribution in [0.2, 0.25) is 5.02 Å². The summed E-state index contributed by atoms with van der Waals surface area (Å²) in [7, 11) is -0.517. The van der Waals surface area contributed by atoms with Gasteiger partial charge in [-0.1, -0.05) is 11.6 Å². The van der Waals surface area contributed by atoms with Crippen LogP contribution in [-0.4, -0.2) is 50.2 Å². The average Bonchev–Trinajstić information content (AvgIpc) is 2.30. The van der Waals surface area contributed by atoms with Crippen LogP contribution in [0.15, 0.2) is 12.1 Å². The molecule has 1 aromatic rings. The predicted octanol–water partition coefficient (Wildman–Crippen LogP) is 0.924. The summed E-state index contributed by atoms with van der Waals surface area (Å²) >= 11 is 5.93. The number of hydrogen-bond acceptors (Lipinski definition) is 5. The normalized spacial score (nSPS) is 11.6. The number of halogens is 1. The molecule has 0 amide bonds. The van der Waals surface area contributed by atoms with E-state index in [0.29, 0.717) is 0 Å². The summed E-state index contributed by atoms with van der Waals surface area (Å²) in [6.45, 7) is 0.0322. The molecule has 1 aromatic carbocycles. The van der Waals surface area contributed by atoms with E-state index in [1.165, 1.54) is 26.2 Å². The summed E-state index contributed by atoms with van der Waals surface area (Å²) < 4.78 is 24.3. The molecule has 0 heterocycles. The summed E-state index contributed by atoms with van der Waals surface area (Å²) in [5.41, 5.74) is 5.80. The maximum atomic E-state index is 11.6. The molecule has 20 heavy (non-hydrogen) atoms. The van der Waals surface area contributed by atoms with E-state index in [4.69, 9.17) is 22.4 Å². The molecule has 7 nitrogen and oxygen atoms in total. The van der Waals surface area contributed by atoms with Crippen molar-refractivity contribution in [2.45, 2.75) is 0 Å². The van der Waals surface area contributed by atoms with Gasteiger partial charge in [0.05, 0.1) is 22.0 Å². The van der Waals surface area contributed by atoms with Gasteiger partial charge < -0.3 is 16.2 Å². The molecule has 0 aliphatic carbocycles. The van der Waals surface area contributed by atoms with Gasteiger partial charge in [0.1, 0.15) is 0 Å². The number of nitrogens with zero attached hydrogens (tertiary/aromatic N) is 1. The van der Waals surface area contributed by atoms with Crippen molar-refractivity contribution in [1.29, 1.82) is 0 Å². The first-order chi connectivity index (χ1) is 9.15. The van der Waals surface area contributed by atoms with E-state index in [1.807, 2.05) is 0 Å². The lowest BCUT2D eigenvalue weighted by Crippen LogP contribution is -2.28. The van der Waals surface area contributed by atoms with Crippen LogP contribution in [0.5, 0.6) is 0 Å². The van der Waals surface area contributed by atoms with Gasteiger partial charge in [0.2, 0.25) is 10.0 Å². The zero-order chi connectivity index (χ0) is 15.5. The van der Waals surface area contributed by atoms with Crippen molar-refractivity contribution < 1.29 is 18.3 Å². The largest absolute Gasteiger partial charge is 0.478 e. The third-order valence-electron chi connectivity index (χ3n) is 2.56. The molecule has 0 bridgehead atoms. The minimum atomic E-state index is -3.37. The van der Waals surface area contributed by atoms with E-state index in [0.717, 1.165) is 4.31 Å². The minimum absolute atomic E-state index is 0.0322. The van der Waals surface area contributed by atoms with Crippen LogP contribution in [-0.2, 0) is 10.0 Å². The Morgan fingerprint density at radius 1 is 1.45 bits per heavy atom. The van der Waals surface area contributed by atoms with Gasteiger partial charge in [-0.3, -0.25) is 0 Å². The van der Waals surface area contributed by atoms with Crippen molar-refractivity contribution in [3.63, 3.8) is 0 Å². The van der Waals surface area contributed by atoms with Crippen LogP contribution < -0.4 is 11.1 Å². The molecule has 0 saturated heterocycles. The molecule has 0 aliphatic rings. The minimum Gasteiger partial charge on any atom is -0.478 e. The summed E-state index contributed by atoms with van der Waals surface area (Å²) in [6, 6.07) is 2.66. The Morgan fingerprint density at radius 3 is 2.55 bits per heavy atom. The van der Waals surface area contributed by atoms with E-state index in [9.17, 15) is 13.2 Å². The quantitative estimate of drug-likeness (QED) is 0.672. The summed E-state index contributed by atoms with van der Waals surface area (Å²) in [4.78, 5) is 11.1. The van der Waals surface area contributed by atoms with Crippen LogP contribution in [0.4, 0.5) is 11.4 Å². The molecule has 0 unspecified atom stereocenters. The molecular weight excluding hydrogens is 306 g/mol. The monoisotopic (exact) mass is 321 g/mol. The highest BCUT2D eigenvalue weighted by molar-refractivity contribution is 7.89. The van der Waals surface area contributed by atoms with Crippen LogP contribution in [0, 0.1) is 0 Å². The molecule has 1 rings (SSSR count). The molecule has 0 spiro atoms. The molecule has 0 radical (unpaired) electrons. The van der Waals surface area contributed by atoms with Gasteiger partial charge in [0.25, 0.3) is 0 Å². The predicted molar refractivity (Wildman–Crippen MR) is 78.8 cm³/mol. The average molecular weight is 322 g/mol. The van der Waals surface area contributed by atoms with Crippen molar-refractivity contribution in [3.05, 3.63) is 22.7 Å². The van der Waals surface area contributed by atoms with E-state index in [-0.39, 0.29) is 34.3 Å². The smallest absolute Gasteiger partial charge is 0.337 e. The fourth-order valence-electron chi connectivity index (χ4n) is 1.46. The van der Waals surface area contributed by atoms with Crippen LogP contribution in [0.25, 0.3) is 0 Å². The number of nitrogens with one attached hydrogen (secondary N) is 1. The Labute approximate surface area is 122 Å². The Bertz CT molecular complexity index is 616. The van der Waals surface area contributed by atoms with Crippen molar-refractivity contribution in [2.75, 3.05) is 37.4 Å². The van der Waals surface area contributed by atoms with E-state index < -0.39 is 16.0 Å². The zero-order valence-corrected chi connectivity index (χ0v) is 12.6. The Morgan fingerprint density at radius 2 is 2.05 bits per heavy atom. The Balaban J connectivity index is 2.91. The molecule has 0 saturated carbocycles. The van der Waals surface area contributed by atoms with Gasteiger partial charge in [-0.15, -0.1) is 0 Å². The van der Waals surface area contributed by atoms with Crippen molar-refractivity contribution >= 4 is 39.0 Å². The number of anilines is 2. The molecule has 0 aromatic heterocycles. The molecule has 112 valence electrons.